The van der Waals surface area contributed by atoms with Crippen LogP contribution in [0.2, 0.25) is 20.1 Å². The van der Waals surface area contributed by atoms with Crippen molar-refractivity contribution in [2.75, 3.05) is 0 Å². The third-order valence-electron chi connectivity index (χ3n) is 5.29. The molecule has 8 heteroatoms. The Balaban J connectivity index is 1.89. The number of rotatable bonds is 4. The minimum atomic E-state index is 0.465. The van der Waals surface area contributed by atoms with Crippen LogP contribution in [0.5, 0.6) is 0 Å². The van der Waals surface area contributed by atoms with Crippen molar-refractivity contribution in [2.24, 2.45) is 0 Å². The third kappa shape index (κ3) is 4.50. The van der Waals surface area contributed by atoms with E-state index in [2.05, 4.69) is 10.2 Å². The summed E-state index contributed by atoms with van der Waals surface area (Å²) in [6, 6.07) is 30.7. The molecule has 5 aromatic rings. The number of halogens is 4. The Bertz CT molecular complexity index is 1380. The molecule has 0 radical (unpaired) electrons. The highest BCUT2D eigenvalue weighted by atomic mass is 35.5. The van der Waals surface area contributed by atoms with Gasteiger partial charge in [0.1, 0.15) is 11.4 Å². The van der Waals surface area contributed by atoms with E-state index in [1.807, 2.05) is 72.8 Å². The standard InChI is InChI=1S/C26H18Cl4N4/c27-19-11-13-23(21(29)15-19)33-31-25(17-7-3-1-4-8-17)26(18-9-5-2-6-10-18)32-34(33)24-14-12-20(28)16-22(24)30/h1-16,31-32H. The number of aromatic nitrogens is 4. The van der Waals surface area contributed by atoms with Crippen LogP contribution in [0, 0.1) is 0 Å². The molecule has 0 spiro atoms. The van der Waals surface area contributed by atoms with E-state index in [1.54, 1.807) is 33.9 Å². The Hall–Kier alpha value is -3.02. The first-order chi connectivity index (χ1) is 16.5. The zero-order chi connectivity index (χ0) is 23.7. The highest BCUT2D eigenvalue weighted by molar-refractivity contribution is 6.36. The topological polar surface area (TPSA) is 41.4 Å². The van der Waals surface area contributed by atoms with Crippen LogP contribution in [0.4, 0.5) is 0 Å². The fourth-order valence-electron chi connectivity index (χ4n) is 3.69. The van der Waals surface area contributed by atoms with Gasteiger partial charge in [-0.2, -0.15) is 9.59 Å². The largest absolute Gasteiger partial charge is 0.275 e. The van der Waals surface area contributed by atoms with E-state index in [0.717, 1.165) is 22.5 Å². The van der Waals surface area contributed by atoms with Crippen LogP contribution in [0.1, 0.15) is 0 Å². The van der Waals surface area contributed by atoms with E-state index in [9.17, 15) is 0 Å². The van der Waals surface area contributed by atoms with Crippen molar-refractivity contribution >= 4 is 46.4 Å². The molecule has 1 aromatic heterocycles. The Morgan fingerprint density at radius 3 is 1.21 bits per heavy atom. The van der Waals surface area contributed by atoms with Crippen LogP contribution in [0.3, 0.4) is 0 Å². The number of benzene rings is 4. The van der Waals surface area contributed by atoms with Gasteiger partial charge in [0.05, 0.1) is 21.4 Å². The van der Waals surface area contributed by atoms with Crippen molar-refractivity contribution in [3.63, 3.8) is 0 Å². The Morgan fingerprint density at radius 2 is 0.853 bits per heavy atom. The summed E-state index contributed by atoms with van der Waals surface area (Å²) in [7, 11) is 0. The summed E-state index contributed by atoms with van der Waals surface area (Å²) in [4.78, 5) is 3.59. The van der Waals surface area contributed by atoms with Gasteiger partial charge in [0, 0.05) is 21.2 Å². The highest BCUT2D eigenvalue weighted by Gasteiger charge is 2.17. The van der Waals surface area contributed by atoms with Crippen LogP contribution in [-0.2, 0) is 0 Å². The quantitative estimate of drug-likeness (QED) is 0.234. The molecule has 0 aliphatic rings. The minimum absolute atomic E-state index is 0.465. The first-order valence-corrected chi connectivity index (χ1v) is 11.9. The molecule has 4 aromatic carbocycles. The van der Waals surface area contributed by atoms with E-state index < -0.39 is 0 Å². The summed E-state index contributed by atoms with van der Waals surface area (Å²) >= 11 is 25.6. The van der Waals surface area contributed by atoms with Crippen molar-refractivity contribution in [1.29, 1.82) is 0 Å². The van der Waals surface area contributed by atoms with E-state index in [1.165, 1.54) is 0 Å². The second-order valence-corrected chi connectivity index (χ2v) is 9.21. The van der Waals surface area contributed by atoms with Gasteiger partial charge in [-0.25, -0.2) is 0 Å². The monoisotopic (exact) mass is 526 g/mol. The van der Waals surface area contributed by atoms with E-state index in [-0.39, 0.29) is 0 Å². The molecule has 0 unspecified atom stereocenters. The average molecular weight is 528 g/mol. The van der Waals surface area contributed by atoms with Crippen molar-refractivity contribution in [2.45, 2.75) is 0 Å². The lowest BCUT2D eigenvalue weighted by Crippen LogP contribution is -2.22. The molecule has 34 heavy (non-hydrogen) atoms. The fourth-order valence-corrected chi connectivity index (χ4v) is 4.67. The summed E-state index contributed by atoms with van der Waals surface area (Å²) in [5.74, 6) is 0. The second-order valence-electron chi connectivity index (χ2n) is 7.52. The van der Waals surface area contributed by atoms with E-state index >= 15 is 0 Å². The highest BCUT2D eigenvalue weighted by Crippen LogP contribution is 2.32. The lowest BCUT2D eigenvalue weighted by atomic mass is 10.0. The summed E-state index contributed by atoms with van der Waals surface area (Å²) in [6.45, 7) is 0. The SMILES string of the molecule is Clc1ccc(-n2[nH]c(-c3ccccc3)c(-c3ccccc3)[nH]n2-c2ccc(Cl)cc2Cl)c(Cl)c1. The summed E-state index contributed by atoms with van der Waals surface area (Å²) in [5, 5.41) is 9.10. The molecule has 0 saturated carbocycles. The molecular weight excluding hydrogens is 510 g/mol. The van der Waals surface area contributed by atoms with Gasteiger partial charge in [0.2, 0.25) is 0 Å². The summed E-state index contributed by atoms with van der Waals surface area (Å²) in [6.07, 6.45) is 0. The number of nitrogens with zero attached hydrogens (tertiary/aromatic N) is 2. The lowest BCUT2D eigenvalue weighted by Gasteiger charge is -2.24. The van der Waals surface area contributed by atoms with Gasteiger partial charge in [-0.1, -0.05) is 107 Å². The number of nitrogens with one attached hydrogen (secondary N) is 2. The fraction of sp³-hybridized carbons (Fsp3) is 0. The van der Waals surface area contributed by atoms with Crippen LogP contribution >= 0.6 is 46.4 Å². The third-order valence-corrected chi connectivity index (χ3v) is 6.36. The molecule has 0 atom stereocenters. The van der Waals surface area contributed by atoms with E-state index in [0.29, 0.717) is 31.5 Å². The maximum atomic E-state index is 6.64. The smallest absolute Gasteiger partial charge is 0.102 e. The molecule has 0 aliphatic heterocycles. The van der Waals surface area contributed by atoms with Crippen molar-refractivity contribution in [3.8, 4) is 33.9 Å². The second kappa shape index (κ2) is 9.69. The minimum Gasteiger partial charge on any atom is -0.275 e. The first-order valence-electron chi connectivity index (χ1n) is 10.4. The van der Waals surface area contributed by atoms with Gasteiger partial charge < -0.3 is 0 Å². The van der Waals surface area contributed by atoms with Crippen LogP contribution in [-0.4, -0.2) is 19.8 Å². The first kappa shape index (κ1) is 22.8. The lowest BCUT2D eigenvalue weighted by molar-refractivity contribution is 0.543. The number of hydrogen-bond donors (Lipinski definition) is 2. The van der Waals surface area contributed by atoms with Crippen molar-refractivity contribution in [1.82, 2.24) is 19.8 Å². The summed E-state index contributed by atoms with van der Waals surface area (Å²) in [5.41, 5.74) is 5.05. The van der Waals surface area contributed by atoms with Crippen LogP contribution in [0.15, 0.2) is 97.1 Å². The molecule has 1 heterocycles. The van der Waals surface area contributed by atoms with Crippen molar-refractivity contribution < 1.29 is 0 Å². The number of aromatic amines is 2. The Kier molecular flexibility index (Phi) is 6.48. The predicted octanol–water partition coefficient (Wildman–Crippen LogP) is 9.00. The zero-order valence-electron chi connectivity index (χ0n) is 17.6. The average Bonchev–Trinajstić information content (AvgIpc) is 2.85. The molecule has 170 valence electrons. The molecule has 0 bridgehead atoms. The van der Waals surface area contributed by atoms with Crippen molar-refractivity contribution in [3.05, 3.63) is 117 Å². The molecule has 0 amide bonds. The molecule has 5 rings (SSSR count). The molecule has 0 aliphatic carbocycles. The van der Waals surface area contributed by atoms with Gasteiger partial charge in [-0.05, 0) is 36.4 Å². The molecular formula is C26H18Cl4N4. The zero-order valence-corrected chi connectivity index (χ0v) is 20.7. The normalized spacial score (nSPS) is 10.9. The molecule has 0 saturated heterocycles. The maximum absolute atomic E-state index is 6.64. The van der Waals surface area contributed by atoms with Crippen LogP contribution in [0.25, 0.3) is 33.9 Å². The number of H-pyrrole nitrogens is 2. The van der Waals surface area contributed by atoms with E-state index in [4.69, 9.17) is 46.4 Å². The molecule has 2 N–H and O–H groups in total. The Labute approximate surface area is 216 Å². The van der Waals surface area contributed by atoms with Gasteiger partial charge in [-0.3, -0.25) is 10.2 Å². The summed E-state index contributed by atoms with van der Waals surface area (Å²) < 4.78 is 0. The maximum Gasteiger partial charge on any atom is 0.102 e. The molecule has 0 fully saturated rings. The van der Waals surface area contributed by atoms with Crippen LogP contribution < -0.4 is 0 Å². The molecule has 4 nitrogen and oxygen atoms in total. The van der Waals surface area contributed by atoms with Gasteiger partial charge in [-0.15, -0.1) is 0 Å². The van der Waals surface area contributed by atoms with Gasteiger partial charge in [0.25, 0.3) is 0 Å². The Morgan fingerprint density at radius 1 is 0.471 bits per heavy atom. The van der Waals surface area contributed by atoms with Gasteiger partial charge >= 0.3 is 0 Å². The predicted molar refractivity (Wildman–Crippen MR) is 142 cm³/mol. The number of hydrogen-bond acceptors (Lipinski definition) is 0. The van der Waals surface area contributed by atoms with Gasteiger partial charge in [0.15, 0.2) is 0 Å².